The van der Waals surface area contributed by atoms with Crippen molar-refractivity contribution < 1.29 is 9.53 Å². The molecule has 0 bridgehead atoms. The lowest BCUT2D eigenvalue weighted by molar-refractivity contribution is 0.00225. The lowest BCUT2D eigenvalue weighted by Gasteiger charge is -2.30. The van der Waals surface area contributed by atoms with Crippen LogP contribution < -0.4 is 10.6 Å². The molecule has 126 valence electrons. The van der Waals surface area contributed by atoms with Gasteiger partial charge >= 0.3 is 6.03 Å². The number of amides is 2. The number of nitrogens with one attached hydrogen (secondary N) is 2. The van der Waals surface area contributed by atoms with Gasteiger partial charge in [-0.1, -0.05) is 30.3 Å². The van der Waals surface area contributed by atoms with Gasteiger partial charge in [0.25, 0.3) is 0 Å². The van der Waals surface area contributed by atoms with Crippen LogP contribution in [0.3, 0.4) is 0 Å². The highest BCUT2D eigenvalue weighted by Gasteiger charge is 2.24. The summed E-state index contributed by atoms with van der Waals surface area (Å²) < 4.78 is 5.83. The summed E-state index contributed by atoms with van der Waals surface area (Å²) in [6, 6.07) is 11.9. The van der Waals surface area contributed by atoms with Crippen LogP contribution in [0.15, 0.2) is 42.6 Å². The normalized spacial score (nSPS) is 20.4. The molecule has 3 rings (SSSR count). The Morgan fingerprint density at radius 2 is 2.12 bits per heavy atom. The van der Waals surface area contributed by atoms with Crippen LogP contribution >= 0.6 is 0 Å². The van der Waals surface area contributed by atoms with E-state index in [1.165, 1.54) is 0 Å². The molecule has 0 radical (unpaired) electrons. The molecule has 1 aliphatic heterocycles. The van der Waals surface area contributed by atoms with Gasteiger partial charge in [-0.3, -0.25) is 0 Å². The summed E-state index contributed by atoms with van der Waals surface area (Å²) in [6.45, 7) is 2.87. The summed E-state index contributed by atoms with van der Waals surface area (Å²) in [7, 11) is 0. The van der Waals surface area contributed by atoms with Crippen LogP contribution in [-0.2, 0) is 11.3 Å². The number of rotatable bonds is 4. The molecule has 0 unspecified atom stereocenters. The highest BCUT2D eigenvalue weighted by atomic mass is 16.5. The molecule has 2 atom stereocenters. The fourth-order valence-corrected chi connectivity index (χ4v) is 2.84. The van der Waals surface area contributed by atoms with Crippen molar-refractivity contribution in [3.8, 4) is 0 Å². The van der Waals surface area contributed by atoms with Gasteiger partial charge in [-0.15, -0.1) is 0 Å². The SMILES string of the molecule is Cc1nccc(CNC(=O)N[C@H]2CCO[C@H](c3ccccc3)C2)n1. The first kappa shape index (κ1) is 16.4. The Balaban J connectivity index is 1.49. The molecule has 2 amide bonds. The predicted molar refractivity (Wildman–Crippen MR) is 90.3 cm³/mol. The Morgan fingerprint density at radius 1 is 1.29 bits per heavy atom. The molecule has 1 aromatic carbocycles. The molecule has 6 heteroatoms. The zero-order chi connectivity index (χ0) is 16.8. The minimum Gasteiger partial charge on any atom is -0.373 e. The van der Waals surface area contributed by atoms with Crippen molar-refractivity contribution in [3.63, 3.8) is 0 Å². The van der Waals surface area contributed by atoms with E-state index in [2.05, 4.69) is 32.7 Å². The Kier molecular flexibility index (Phi) is 5.38. The van der Waals surface area contributed by atoms with Crippen molar-refractivity contribution in [2.24, 2.45) is 0 Å². The van der Waals surface area contributed by atoms with Crippen molar-refractivity contribution in [1.29, 1.82) is 0 Å². The van der Waals surface area contributed by atoms with E-state index in [9.17, 15) is 4.79 Å². The molecule has 2 aromatic rings. The molecule has 0 saturated carbocycles. The van der Waals surface area contributed by atoms with Crippen molar-refractivity contribution in [3.05, 3.63) is 59.7 Å². The number of carbonyl (C=O) groups is 1. The lowest BCUT2D eigenvalue weighted by atomic mass is 9.97. The Hall–Kier alpha value is -2.47. The van der Waals surface area contributed by atoms with E-state index >= 15 is 0 Å². The van der Waals surface area contributed by atoms with Gasteiger partial charge in [0, 0.05) is 18.8 Å². The Labute approximate surface area is 141 Å². The minimum absolute atomic E-state index is 0.0368. The summed E-state index contributed by atoms with van der Waals surface area (Å²) >= 11 is 0. The molecule has 1 fully saturated rings. The van der Waals surface area contributed by atoms with Crippen LogP contribution in [0, 0.1) is 6.92 Å². The summed E-state index contributed by atoms with van der Waals surface area (Å²) in [4.78, 5) is 20.4. The van der Waals surface area contributed by atoms with Crippen LogP contribution in [0.4, 0.5) is 4.79 Å². The Morgan fingerprint density at radius 3 is 2.92 bits per heavy atom. The summed E-state index contributed by atoms with van der Waals surface area (Å²) in [5.74, 6) is 0.699. The van der Waals surface area contributed by atoms with Crippen LogP contribution in [0.5, 0.6) is 0 Å². The number of benzene rings is 1. The van der Waals surface area contributed by atoms with Gasteiger partial charge in [0.05, 0.1) is 18.3 Å². The second-order valence-corrected chi connectivity index (χ2v) is 5.91. The van der Waals surface area contributed by atoms with Crippen molar-refractivity contribution in [1.82, 2.24) is 20.6 Å². The van der Waals surface area contributed by atoms with E-state index < -0.39 is 0 Å². The fraction of sp³-hybridized carbons (Fsp3) is 0.389. The zero-order valence-corrected chi connectivity index (χ0v) is 13.7. The first-order valence-electron chi connectivity index (χ1n) is 8.20. The lowest BCUT2D eigenvalue weighted by Crippen LogP contribution is -2.44. The molecule has 6 nitrogen and oxygen atoms in total. The molecule has 1 aliphatic rings. The van der Waals surface area contributed by atoms with E-state index in [4.69, 9.17) is 4.74 Å². The van der Waals surface area contributed by atoms with Crippen LogP contribution in [0.2, 0.25) is 0 Å². The highest BCUT2D eigenvalue weighted by molar-refractivity contribution is 5.74. The maximum Gasteiger partial charge on any atom is 0.315 e. The summed E-state index contributed by atoms with van der Waals surface area (Å²) in [5.41, 5.74) is 1.95. The molecule has 1 saturated heterocycles. The van der Waals surface area contributed by atoms with Gasteiger partial charge in [-0.05, 0) is 31.4 Å². The minimum atomic E-state index is -0.176. The molecule has 0 aliphatic carbocycles. The van der Waals surface area contributed by atoms with Gasteiger partial charge in [0.1, 0.15) is 5.82 Å². The second kappa shape index (κ2) is 7.88. The summed E-state index contributed by atoms with van der Waals surface area (Å²) in [6.07, 6.45) is 3.34. The number of hydrogen-bond donors (Lipinski definition) is 2. The molecule has 0 spiro atoms. The first-order chi connectivity index (χ1) is 11.7. The standard InChI is InChI=1S/C18H22N4O2/c1-13-19-9-7-16(21-13)12-20-18(23)22-15-8-10-24-17(11-15)14-5-3-2-4-6-14/h2-7,9,15,17H,8,10-12H2,1H3,(H2,20,22,23)/t15-,17-/m0/s1. The van der Waals surface area contributed by atoms with Crippen molar-refractivity contribution >= 4 is 6.03 Å². The average Bonchev–Trinajstić information content (AvgIpc) is 2.61. The largest absolute Gasteiger partial charge is 0.373 e. The molecular weight excluding hydrogens is 304 g/mol. The van der Waals surface area contributed by atoms with Crippen LogP contribution in [0.1, 0.15) is 36.0 Å². The zero-order valence-electron chi connectivity index (χ0n) is 13.7. The first-order valence-corrected chi connectivity index (χ1v) is 8.20. The van der Waals surface area contributed by atoms with E-state index in [0.717, 1.165) is 24.1 Å². The average molecular weight is 326 g/mol. The summed E-state index contributed by atoms with van der Waals surface area (Å²) in [5, 5.41) is 5.88. The van der Waals surface area contributed by atoms with Gasteiger partial charge in [0.15, 0.2) is 0 Å². The fourth-order valence-electron chi connectivity index (χ4n) is 2.84. The van der Waals surface area contributed by atoms with Gasteiger partial charge in [0.2, 0.25) is 0 Å². The second-order valence-electron chi connectivity index (χ2n) is 5.91. The van der Waals surface area contributed by atoms with Gasteiger partial charge < -0.3 is 15.4 Å². The number of carbonyl (C=O) groups excluding carboxylic acids is 1. The van der Waals surface area contributed by atoms with Crippen LogP contribution in [0.25, 0.3) is 0 Å². The molecule has 24 heavy (non-hydrogen) atoms. The maximum absolute atomic E-state index is 12.1. The topological polar surface area (TPSA) is 76.1 Å². The van der Waals surface area contributed by atoms with Crippen LogP contribution in [-0.4, -0.2) is 28.6 Å². The number of aryl methyl sites for hydroxylation is 1. The quantitative estimate of drug-likeness (QED) is 0.905. The smallest absolute Gasteiger partial charge is 0.315 e. The van der Waals surface area contributed by atoms with Gasteiger partial charge in [-0.2, -0.15) is 0 Å². The van der Waals surface area contributed by atoms with Gasteiger partial charge in [-0.25, -0.2) is 14.8 Å². The third-order valence-electron chi connectivity index (χ3n) is 4.05. The number of aromatic nitrogens is 2. The van der Waals surface area contributed by atoms with E-state index in [1.54, 1.807) is 12.3 Å². The molecule has 2 N–H and O–H groups in total. The van der Waals surface area contributed by atoms with Crippen molar-refractivity contribution in [2.75, 3.05) is 6.61 Å². The van der Waals surface area contributed by atoms with E-state index in [0.29, 0.717) is 19.0 Å². The third kappa shape index (κ3) is 4.52. The molecule has 2 heterocycles. The number of ether oxygens (including phenoxy) is 1. The Bertz CT molecular complexity index is 678. The predicted octanol–water partition coefficient (Wildman–Crippen LogP) is 2.50. The van der Waals surface area contributed by atoms with E-state index in [1.807, 2.05) is 25.1 Å². The van der Waals surface area contributed by atoms with E-state index in [-0.39, 0.29) is 18.2 Å². The monoisotopic (exact) mass is 326 g/mol. The number of nitrogens with zero attached hydrogens (tertiary/aromatic N) is 2. The molecular formula is C18H22N4O2. The maximum atomic E-state index is 12.1. The third-order valence-corrected chi connectivity index (χ3v) is 4.05. The highest BCUT2D eigenvalue weighted by Crippen LogP contribution is 2.27. The molecule has 1 aromatic heterocycles. The number of urea groups is 1. The number of hydrogen-bond acceptors (Lipinski definition) is 4. The van der Waals surface area contributed by atoms with Crippen molar-refractivity contribution in [2.45, 2.75) is 38.5 Å².